The summed E-state index contributed by atoms with van der Waals surface area (Å²) in [6.45, 7) is 0. The maximum absolute atomic E-state index is 13.5. The first-order chi connectivity index (χ1) is 17.8. The first-order valence-corrected chi connectivity index (χ1v) is 10.9. The Morgan fingerprint density at radius 3 is 2.49 bits per heavy atom. The van der Waals surface area contributed by atoms with Gasteiger partial charge in [-0.05, 0) is 24.3 Å². The number of carbonyl (C=O) groups excluding carboxylic acids is 1. The first kappa shape index (κ1) is 23.7. The molecule has 2 N–H and O–H groups in total. The molecular weight excluding hydrogens is 487 g/mol. The van der Waals surface area contributed by atoms with Gasteiger partial charge in [0, 0.05) is 36.6 Å². The molecule has 9 nitrogen and oxygen atoms in total. The number of anilines is 2. The van der Waals surface area contributed by atoms with Crippen molar-refractivity contribution in [3.8, 4) is 22.8 Å². The maximum Gasteiger partial charge on any atom is 0.433 e. The fraction of sp³-hybridized carbons (Fsp3) is 0.0800. The SMILES string of the molecule is CNC(=O)c1cc(Oc2cccc(Nc3nc4nc(C(F)(F)F)cc(-c5ccccc5)n4n3)c2)ccn1. The number of hydrogen-bond donors (Lipinski definition) is 2. The third-order valence-electron chi connectivity index (χ3n) is 5.19. The van der Waals surface area contributed by atoms with Gasteiger partial charge in [-0.25, -0.2) is 4.98 Å². The van der Waals surface area contributed by atoms with Crippen molar-refractivity contribution in [2.24, 2.45) is 0 Å². The van der Waals surface area contributed by atoms with Crippen LogP contribution < -0.4 is 15.4 Å². The van der Waals surface area contributed by atoms with Crippen molar-refractivity contribution in [1.29, 1.82) is 0 Å². The zero-order valence-electron chi connectivity index (χ0n) is 19.2. The van der Waals surface area contributed by atoms with E-state index in [-0.39, 0.29) is 29.0 Å². The number of carbonyl (C=O) groups is 1. The molecule has 5 aromatic rings. The second kappa shape index (κ2) is 9.57. The molecule has 0 saturated heterocycles. The summed E-state index contributed by atoms with van der Waals surface area (Å²) < 4.78 is 47.6. The van der Waals surface area contributed by atoms with E-state index in [9.17, 15) is 18.0 Å². The molecule has 0 aliphatic rings. The van der Waals surface area contributed by atoms with Gasteiger partial charge in [0.2, 0.25) is 5.95 Å². The van der Waals surface area contributed by atoms with Gasteiger partial charge >= 0.3 is 6.18 Å². The van der Waals surface area contributed by atoms with E-state index in [1.165, 1.54) is 23.8 Å². The van der Waals surface area contributed by atoms with Gasteiger partial charge in [-0.15, -0.1) is 5.10 Å². The van der Waals surface area contributed by atoms with Crippen molar-refractivity contribution in [3.05, 3.63) is 90.4 Å². The Balaban J connectivity index is 1.45. The van der Waals surface area contributed by atoms with Crippen molar-refractivity contribution in [3.63, 3.8) is 0 Å². The van der Waals surface area contributed by atoms with Gasteiger partial charge in [0.05, 0.1) is 5.69 Å². The van der Waals surface area contributed by atoms with Crippen LogP contribution in [0.15, 0.2) is 79.0 Å². The van der Waals surface area contributed by atoms with Gasteiger partial charge in [-0.1, -0.05) is 36.4 Å². The average molecular weight is 505 g/mol. The molecule has 0 radical (unpaired) electrons. The second-order valence-electron chi connectivity index (χ2n) is 7.75. The number of hydrogen-bond acceptors (Lipinski definition) is 7. The molecule has 2 aromatic carbocycles. The number of rotatable bonds is 6. The number of aromatic nitrogens is 5. The zero-order chi connectivity index (χ0) is 26.0. The number of nitrogens with one attached hydrogen (secondary N) is 2. The highest BCUT2D eigenvalue weighted by Crippen LogP contribution is 2.32. The van der Waals surface area contributed by atoms with Crippen LogP contribution in [0, 0.1) is 0 Å². The molecule has 0 bridgehead atoms. The van der Waals surface area contributed by atoms with Crippen molar-refractivity contribution in [2.45, 2.75) is 6.18 Å². The number of fused-ring (bicyclic) bond motifs is 1. The lowest BCUT2D eigenvalue weighted by Crippen LogP contribution is -2.18. The van der Waals surface area contributed by atoms with Crippen LogP contribution in [-0.2, 0) is 6.18 Å². The molecule has 0 atom stereocenters. The summed E-state index contributed by atoms with van der Waals surface area (Å²) in [5, 5.41) is 9.80. The minimum absolute atomic E-state index is 0.0481. The van der Waals surface area contributed by atoms with Crippen molar-refractivity contribution < 1.29 is 22.7 Å². The van der Waals surface area contributed by atoms with E-state index in [1.807, 2.05) is 0 Å². The van der Waals surface area contributed by atoms with Gasteiger partial charge in [-0.3, -0.25) is 9.78 Å². The third kappa shape index (κ3) is 5.17. The summed E-state index contributed by atoms with van der Waals surface area (Å²) in [5.74, 6) is 0.322. The van der Waals surface area contributed by atoms with Gasteiger partial charge < -0.3 is 15.4 Å². The van der Waals surface area contributed by atoms with E-state index in [2.05, 4.69) is 30.7 Å². The van der Waals surface area contributed by atoms with Crippen LogP contribution in [0.25, 0.3) is 17.0 Å². The van der Waals surface area contributed by atoms with E-state index in [0.717, 1.165) is 6.07 Å². The molecule has 0 aliphatic heterocycles. The highest BCUT2D eigenvalue weighted by atomic mass is 19.4. The lowest BCUT2D eigenvalue weighted by Gasteiger charge is -2.09. The fourth-order valence-corrected chi connectivity index (χ4v) is 3.51. The number of ether oxygens (including phenoxy) is 1. The minimum Gasteiger partial charge on any atom is -0.457 e. The number of benzene rings is 2. The Morgan fingerprint density at radius 2 is 1.73 bits per heavy atom. The Labute approximate surface area is 208 Å². The molecule has 3 aromatic heterocycles. The molecule has 186 valence electrons. The van der Waals surface area contributed by atoms with Crippen molar-refractivity contribution >= 4 is 23.3 Å². The molecule has 0 spiro atoms. The van der Waals surface area contributed by atoms with Crippen molar-refractivity contribution in [1.82, 2.24) is 29.9 Å². The number of nitrogens with zero attached hydrogens (tertiary/aromatic N) is 5. The number of alkyl halides is 3. The lowest BCUT2D eigenvalue weighted by molar-refractivity contribution is -0.141. The Hall–Kier alpha value is -5.00. The monoisotopic (exact) mass is 505 g/mol. The average Bonchev–Trinajstić information content (AvgIpc) is 3.30. The fourth-order valence-electron chi connectivity index (χ4n) is 3.51. The van der Waals surface area contributed by atoms with Crippen LogP contribution in [0.4, 0.5) is 24.8 Å². The van der Waals surface area contributed by atoms with Crippen LogP contribution in [0.5, 0.6) is 11.5 Å². The molecule has 0 unspecified atom stereocenters. The maximum atomic E-state index is 13.5. The van der Waals surface area contributed by atoms with Gasteiger partial charge in [0.25, 0.3) is 11.7 Å². The second-order valence-corrected chi connectivity index (χ2v) is 7.75. The molecule has 12 heteroatoms. The molecule has 0 aliphatic carbocycles. The number of pyridine rings is 1. The largest absolute Gasteiger partial charge is 0.457 e. The Bertz CT molecular complexity index is 1590. The quantitative estimate of drug-likeness (QED) is 0.331. The molecule has 5 rings (SSSR count). The minimum atomic E-state index is -4.65. The normalized spacial score (nSPS) is 11.4. The standard InChI is InChI=1S/C25H18F3N7O2/c1-29-22(36)19-13-18(10-11-30-19)37-17-9-5-8-16(12-17)31-23-33-24-32-21(25(26,27)28)14-20(35(24)34-23)15-6-3-2-4-7-15/h2-14H,1H3,(H,29,36)(H,31,34). The molecule has 37 heavy (non-hydrogen) atoms. The van der Waals surface area contributed by atoms with E-state index in [0.29, 0.717) is 22.7 Å². The third-order valence-corrected chi connectivity index (χ3v) is 5.19. The smallest absolute Gasteiger partial charge is 0.433 e. The lowest BCUT2D eigenvalue weighted by atomic mass is 10.1. The van der Waals surface area contributed by atoms with Crippen LogP contribution >= 0.6 is 0 Å². The van der Waals surface area contributed by atoms with Crippen LogP contribution in [0.3, 0.4) is 0 Å². The van der Waals surface area contributed by atoms with E-state index in [4.69, 9.17) is 4.74 Å². The van der Waals surface area contributed by atoms with Crippen LogP contribution in [-0.4, -0.2) is 37.5 Å². The molecule has 0 saturated carbocycles. The highest BCUT2D eigenvalue weighted by Gasteiger charge is 2.34. The summed E-state index contributed by atoms with van der Waals surface area (Å²) in [4.78, 5) is 23.6. The van der Waals surface area contributed by atoms with Crippen molar-refractivity contribution in [2.75, 3.05) is 12.4 Å². The van der Waals surface area contributed by atoms with Crippen LogP contribution in [0.1, 0.15) is 16.2 Å². The number of halogens is 3. The summed E-state index contributed by atoms with van der Waals surface area (Å²) in [6.07, 6.45) is -3.20. The summed E-state index contributed by atoms with van der Waals surface area (Å²) >= 11 is 0. The van der Waals surface area contributed by atoms with Gasteiger partial charge in [0.15, 0.2) is 5.69 Å². The zero-order valence-corrected chi connectivity index (χ0v) is 19.2. The molecule has 1 amide bonds. The van der Waals surface area contributed by atoms with Gasteiger partial charge in [0.1, 0.15) is 17.2 Å². The number of amides is 1. The Morgan fingerprint density at radius 1 is 0.946 bits per heavy atom. The van der Waals surface area contributed by atoms with E-state index < -0.39 is 11.9 Å². The van der Waals surface area contributed by atoms with Gasteiger partial charge in [-0.2, -0.15) is 22.7 Å². The summed E-state index contributed by atoms with van der Waals surface area (Å²) in [5.41, 5.74) is 0.372. The predicted octanol–water partition coefficient (Wildman–Crippen LogP) is 5.10. The highest BCUT2D eigenvalue weighted by molar-refractivity contribution is 5.92. The summed E-state index contributed by atoms with van der Waals surface area (Å²) in [7, 11) is 1.50. The molecule has 0 fully saturated rings. The van der Waals surface area contributed by atoms with Crippen LogP contribution in [0.2, 0.25) is 0 Å². The summed E-state index contributed by atoms with van der Waals surface area (Å²) in [6, 6.07) is 19.4. The van der Waals surface area contributed by atoms with E-state index >= 15 is 0 Å². The molecule has 3 heterocycles. The Kier molecular flexibility index (Phi) is 6.14. The predicted molar refractivity (Wildman–Crippen MR) is 129 cm³/mol. The topological polar surface area (TPSA) is 106 Å². The van der Waals surface area contributed by atoms with E-state index in [1.54, 1.807) is 60.7 Å². The first-order valence-electron chi connectivity index (χ1n) is 10.9. The molecular formula is C25H18F3N7O2.